The van der Waals surface area contributed by atoms with Crippen LogP contribution in [0, 0.1) is 0 Å². The molecule has 3 N–H and O–H groups in total. The number of rotatable bonds is 4. The van der Waals surface area contributed by atoms with Gasteiger partial charge in [0.1, 0.15) is 5.75 Å². The van der Waals surface area contributed by atoms with E-state index in [9.17, 15) is 10.2 Å². The van der Waals surface area contributed by atoms with E-state index in [2.05, 4.69) is 5.32 Å². The molecule has 0 bridgehead atoms. The van der Waals surface area contributed by atoms with E-state index in [0.717, 1.165) is 24.8 Å². The van der Waals surface area contributed by atoms with E-state index in [-0.39, 0.29) is 0 Å². The number of hydrogen-bond acceptors (Lipinski definition) is 3. The molecule has 0 heterocycles. The zero-order valence-electron chi connectivity index (χ0n) is 12.0. The van der Waals surface area contributed by atoms with Crippen LogP contribution in [0.5, 0.6) is 5.75 Å². The molecule has 2 aromatic rings. The minimum Gasteiger partial charge on any atom is -0.508 e. The Morgan fingerprint density at radius 2 is 1.90 bits per heavy atom. The monoisotopic (exact) mass is 283 g/mol. The smallest absolute Gasteiger partial charge is 0.115 e. The standard InChI is InChI=1S/C18H21NO2/c20-17-9-7-14-10-16(8-6-15(14)11-17)19-12-18(21)13-4-2-1-3-5-13/h1-5,7,9,11,16,18-21H,6,8,10,12H2. The van der Waals surface area contributed by atoms with Crippen molar-refractivity contribution in [1.29, 1.82) is 0 Å². The quantitative estimate of drug-likeness (QED) is 0.808. The summed E-state index contributed by atoms with van der Waals surface area (Å²) in [7, 11) is 0. The summed E-state index contributed by atoms with van der Waals surface area (Å²) in [5, 5.41) is 23.2. The fourth-order valence-corrected chi connectivity index (χ4v) is 2.99. The number of benzene rings is 2. The molecule has 21 heavy (non-hydrogen) atoms. The van der Waals surface area contributed by atoms with Crippen LogP contribution in [0.3, 0.4) is 0 Å². The summed E-state index contributed by atoms with van der Waals surface area (Å²) < 4.78 is 0. The van der Waals surface area contributed by atoms with Crippen molar-refractivity contribution in [3.63, 3.8) is 0 Å². The zero-order valence-corrected chi connectivity index (χ0v) is 12.0. The number of hydrogen-bond donors (Lipinski definition) is 3. The molecular formula is C18H21NO2. The number of aliphatic hydroxyl groups is 1. The van der Waals surface area contributed by atoms with Gasteiger partial charge in [-0.3, -0.25) is 0 Å². The number of phenols is 1. The molecule has 110 valence electrons. The van der Waals surface area contributed by atoms with E-state index in [1.165, 1.54) is 11.1 Å². The average molecular weight is 283 g/mol. The highest BCUT2D eigenvalue weighted by Crippen LogP contribution is 2.25. The van der Waals surface area contributed by atoms with Crippen molar-refractivity contribution < 1.29 is 10.2 Å². The molecule has 3 heteroatoms. The zero-order chi connectivity index (χ0) is 14.7. The van der Waals surface area contributed by atoms with Gasteiger partial charge >= 0.3 is 0 Å². The molecule has 0 aliphatic heterocycles. The molecular weight excluding hydrogens is 262 g/mol. The highest BCUT2D eigenvalue weighted by molar-refractivity contribution is 5.37. The molecule has 2 unspecified atom stereocenters. The van der Waals surface area contributed by atoms with E-state index in [4.69, 9.17) is 0 Å². The summed E-state index contributed by atoms with van der Waals surface area (Å²) in [6.45, 7) is 0.572. The van der Waals surface area contributed by atoms with E-state index < -0.39 is 6.10 Å². The normalized spacial score (nSPS) is 19.0. The number of fused-ring (bicyclic) bond motifs is 1. The van der Waals surface area contributed by atoms with E-state index in [1.807, 2.05) is 42.5 Å². The van der Waals surface area contributed by atoms with Crippen molar-refractivity contribution in [2.75, 3.05) is 6.54 Å². The second kappa shape index (κ2) is 6.29. The summed E-state index contributed by atoms with van der Waals surface area (Å²) in [5.74, 6) is 0.347. The summed E-state index contributed by atoms with van der Waals surface area (Å²) in [6, 6.07) is 15.8. The van der Waals surface area contributed by atoms with Crippen LogP contribution in [-0.4, -0.2) is 22.8 Å². The minimum absolute atomic E-state index is 0.347. The SMILES string of the molecule is Oc1ccc2c(c1)CCC(NCC(O)c1ccccc1)C2. The minimum atomic E-state index is -0.465. The van der Waals surface area contributed by atoms with Crippen LogP contribution in [-0.2, 0) is 12.8 Å². The predicted molar refractivity (Wildman–Crippen MR) is 83.3 cm³/mol. The van der Waals surface area contributed by atoms with Gasteiger partial charge in [0.25, 0.3) is 0 Å². The number of aliphatic hydroxyl groups excluding tert-OH is 1. The summed E-state index contributed by atoms with van der Waals surface area (Å²) >= 11 is 0. The van der Waals surface area contributed by atoms with Gasteiger partial charge in [0, 0.05) is 12.6 Å². The molecule has 0 radical (unpaired) electrons. The largest absolute Gasteiger partial charge is 0.508 e. The van der Waals surface area contributed by atoms with Gasteiger partial charge in [0.2, 0.25) is 0 Å². The van der Waals surface area contributed by atoms with Gasteiger partial charge < -0.3 is 15.5 Å². The molecule has 1 aliphatic rings. The third-order valence-corrected chi connectivity index (χ3v) is 4.20. The number of nitrogens with one attached hydrogen (secondary N) is 1. The Bertz CT molecular complexity index is 597. The van der Waals surface area contributed by atoms with Crippen molar-refractivity contribution in [3.8, 4) is 5.75 Å². The first-order chi connectivity index (χ1) is 10.2. The van der Waals surface area contributed by atoms with Gasteiger partial charge in [-0.1, -0.05) is 36.4 Å². The summed E-state index contributed by atoms with van der Waals surface area (Å²) in [6.07, 6.45) is 2.50. The first-order valence-corrected chi connectivity index (χ1v) is 7.49. The molecule has 0 aromatic heterocycles. The molecule has 0 amide bonds. The molecule has 0 fully saturated rings. The molecule has 1 aliphatic carbocycles. The number of aryl methyl sites for hydroxylation is 1. The second-order valence-electron chi connectivity index (χ2n) is 5.73. The van der Waals surface area contributed by atoms with Crippen LogP contribution in [0.4, 0.5) is 0 Å². The fourth-order valence-electron chi connectivity index (χ4n) is 2.99. The van der Waals surface area contributed by atoms with Crippen LogP contribution in [0.1, 0.15) is 29.2 Å². The molecule has 2 aromatic carbocycles. The van der Waals surface area contributed by atoms with E-state index in [1.54, 1.807) is 6.07 Å². The van der Waals surface area contributed by atoms with Crippen LogP contribution < -0.4 is 5.32 Å². The van der Waals surface area contributed by atoms with Gasteiger partial charge in [-0.05, 0) is 48.1 Å². The molecule has 3 nitrogen and oxygen atoms in total. The lowest BCUT2D eigenvalue weighted by Crippen LogP contribution is -2.37. The summed E-state index contributed by atoms with van der Waals surface area (Å²) in [5.41, 5.74) is 3.49. The van der Waals surface area contributed by atoms with Gasteiger partial charge in [0.15, 0.2) is 0 Å². The molecule has 3 rings (SSSR count). The topological polar surface area (TPSA) is 52.5 Å². The van der Waals surface area contributed by atoms with Gasteiger partial charge in [-0.25, -0.2) is 0 Å². The Hall–Kier alpha value is -1.84. The Morgan fingerprint density at radius 1 is 1.10 bits per heavy atom. The lowest BCUT2D eigenvalue weighted by Gasteiger charge is -2.26. The first-order valence-electron chi connectivity index (χ1n) is 7.49. The van der Waals surface area contributed by atoms with Crippen LogP contribution in [0.15, 0.2) is 48.5 Å². The van der Waals surface area contributed by atoms with Gasteiger partial charge in [-0.15, -0.1) is 0 Å². The van der Waals surface area contributed by atoms with Crippen molar-refractivity contribution in [2.24, 2.45) is 0 Å². The fraction of sp³-hybridized carbons (Fsp3) is 0.333. The van der Waals surface area contributed by atoms with Gasteiger partial charge in [0.05, 0.1) is 6.10 Å². The lowest BCUT2D eigenvalue weighted by atomic mass is 9.88. The van der Waals surface area contributed by atoms with Crippen LogP contribution in [0.2, 0.25) is 0 Å². The number of aromatic hydroxyl groups is 1. The Kier molecular flexibility index (Phi) is 4.23. The van der Waals surface area contributed by atoms with E-state index >= 15 is 0 Å². The first kappa shape index (κ1) is 14.1. The average Bonchev–Trinajstić information content (AvgIpc) is 2.53. The lowest BCUT2D eigenvalue weighted by molar-refractivity contribution is 0.168. The van der Waals surface area contributed by atoms with Crippen molar-refractivity contribution >= 4 is 0 Å². The van der Waals surface area contributed by atoms with E-state index in [0.29, 0.717) is 18.3 Å². The molecule has 0 saturated carbocycles. The Morgan fingerprint density at radius 3 is 2.71 bits per heavy atom. The Balaban J connectivity index is 1.57. The highest BCUT2D eigenvalue weighted by atomic mass is 16.3. The van der Waals surface area contributed by atoms with Crippen molar-refractivity contribution in [3.05, 3.63) is 65.2 Å². The molecule has 0 saturated heterocycles. The highest BCUT2D eigenvalue weighted by Gasteiger charge is 2.19. The van der Waals surface area contributed by atoms with Crippen molar-refractivity contribution in [2.45, 2.75) is 31.4 Å². The number of phenolic OH excluding ortho intramolecular Hbond substituents is 1. The Labute approximate surface area is 125 Å². The summed E-state index contributed by atoms with van der Waals surface area (Å²) in [4.78, 5) is 0. The predicted octanol–water partition coefficient (Wildman–Crippen LogP) is 2.57. The molecule has 2 atom stereocenters. The van der Waals surface area contributed by atoms with Gasteiger partial charge in [-0.2, -0.15) is 0 Å². The second-order valence-corrected chi connectivity index (χ2v) is 5.73. The third-order valence-electron chi connectivity index (χ3n) is 4.20. The maximum Gasteiger partial charge on any atom is 0.115 e. The van der Waals surface area contributed by atoms with Crippen LogP contribution in [0.25, 0.3) is 0 Å². The maximum atomic E-state index is 10.2. The van der Waals surface area contributed by atoms with Crippen molar-refractivity contribution in [1.82, 2.24) is 5.32 Å². The molecule has 0 spiro atoms. The van der Waals surface area contributed by atoms with Crippen LogP contribution >= 0.6 is 0 Å². The third kappa shape index (κ3) is 3.43. The maximum absolute atomic E-state index is 10.2.